The van der Waals surface area contributed by atoms with Gasteiger partial charge in [-0.15, -0.1) is 0 Å². The van der Waals surface area contributed by atoms with Crippen LogP contribution in [0.1, 0.15) is 31.9 Å². The van der Waals surface area contributed by atoms with Crippen LogP contribution in [0.4, 0.5) is 11.4 Å². The van der Waals surface area contributed by atoms with Crippen LogP contribution >= 0.6 is 0 Å². The lowest BCUT2D eigenvalue weighted by molar-refractivity contribution is -0.120. The first-order valence-electron chi connectivity index (χ1n) is 8.46. The van der Waals surface area contributed by atoms with Gasteiger partial charge in [-0.3, -0.25) is 14.4 Å². The molecular formula is C20H23N3O4. The summed E-state index contributed by atoms with van der Waals surface area (Å²) in [6.07, 6.45) is 0.0527. The van der Waals surface area contributed by atoms with E-state index in [4.69, 9.17) is 4.74 Å². The molecule has 3 N–H and O–H groups in total. The predicted molar refractivity (Wildman–Crippen MR) is 104 cm³/mol. The number of ether oxygens (including phenoxy) is 1. The molecule has 2 aromatic rings. The molecule has 0 spiro atoms. The van der Waals surface area contributed by atoms with Gasteiger partial charge < -0.3 is 20.7 Å². The van der Waals surface area contributed by atoms with E-state index in [1.54, 1.807) is 18.2 Å². The Morgan fingerprint density at radius 1 is 0.963 bits per heavy atom. The van der Waals surface area contributed by atoms with Gasteiger partial charge in [-0.1, -0.05) is 30.3 Å². The third-order valence-electron chi connectivity index (χ3n) is 3.76. The summed E-state index contributed by atoms with van der Waals surface area (Å²) >= 11 is 0. The molecule has 0 unspecified atom stereocenters. The minimum absolute atomic E-state index is 0.0527. The van der Waals surface area contributed by atoms with E-state index in [1.165, 1.54) is 21.0 Å². The lowest BCUT2D eigenvalue weighted by Crippen LogP contribution is -2.29. The van der Waals surface area contributed by atoms with Gasteiger partial charge >= 0.3 is 0 Å². The number of methoxy groups -OCH3 is 1. The highest BCUT2D eigenvalue weighted by Gasteiger charge is 2.18. The molecular weight excluding hydrogens is 346 g/mol. The predicted octanol–water partition coefficient (Wildman–Crippen LogP) is 2.86. The SMILES string of the molecule is COc1ccc(NC(C)=O)cc1NC(=O)C[C@@H](NC(C)=O)c1ccccc1. The van der Waals surface area contributed by atoms with Gasteiger partial charge in [0.25, 0.3) is 0 Å². The number of benzene rings is 2. The van der Waals surface area contributed by atoms with Crippen LogP contribution < -0.4 is 20.7 Å². The van der Waals surface area contributed by atoms with Gasteiger partial charge in [0, 0.05) is 19.5 Å². The first-order chi connectivity index (χ1) is 12.9. The number of nitrogens with one attached hydrogen (secondary N) is 3. The zero-order valence-corrected chi connectivity index (χ0v) is 15.5. The normalized spacial score (nSPS) is 11.2. The number of carbonyl (C=O) groups is 3. The quantitative estimate of drug-likeness (QED) is 0.699. The third kappa shape index (κ3) is 6.14. The summed E-state index contributed by atoms with van der Waals surface area (Å²) in [6, 6.07) is 13.8. The van der Waals surface area contributed by atoms with Crippen molar-refractivity contribution in [3.8, 4) is 5.75 Å². The lowest BCUT2D eigenvalue weighted by Gasteiger charge is -2.19. The standard InChI is InChI=1S/C20H23N3O4/c1-13(24)21-16-9-10-19(27-3)18(11-16)23-20(26)12-17(22-14(2)25)15-7-5-4-6-8-15/h4-11,17H,12H2,1-3H3,(H,21,24)(H,22,25)(H,23,26)/t17-/m1/s1. The average Bonchev–Trinajstić information content (AvgIpc) is 2.61. The lowest BCUT2D eigenvalue weighted by atomic mass is 10.0. The Hall–Kier alpha value is -3.35. The van der Waals surface area contributed by atoms with Gasteiger partial charge in [0.1, 0.15) is 5.75 Å². The first kappa shape index (κ1) is 20.0. The highest BCUT2D eigenvalue weighted by Crippen LogP contribution is 2.28. The summed E-state index contributed by atoms with van der Waals surface area (Å²) in [5.74, 6) is -0.266. The second-order valence-electron chi connectivity index (χ2n) is 6.01. The van der Waals surface area contributed by atoms with Gasteiger partial charge in [0.05, 0.1) is 25.3 Å². The van der Waals surface area contributed by atoms with Gasteiger partial charge in [-0.25, -0.2) is 0 Å². The van der Waals surface area contributed by atoms with Crippen LogP contribution in [0.3, 0.4) is 0 Å². The van der Waals surface area contributed by atoms with E-state index in [1.807, 2.05) is 30.3 Å². The van der Waals surface area contributed by atoms with Crippen molar-refractivity contribution in [1.82, 2.24) is 5.32 Å². The minimum Gasteiger partial charge on any atom is -0.495 e. The third-order valence-corrected chi connectivity index (χ3v) is 3.76. The molecule has 3 amide bonds. The molecule has 0 aromatic heterocycles. The van der Waals surface area contributed by atoms with Crippen molar-refractivity contribution < 1.29 is 19.1 Å². The van der Waals surface area contributed by atoms with Crippen LogP contribution in [0.2, 0.25) is 0 Å². The molecule has 0 aliphatic heterocycles. The Morgan fingerprint density at radius 3 is 2.26 bits per heavy atom. The summed E-state index contributed by atoms with van der Waals surface area (Å²) in [6.45, 7) is 2.81. The van der Waals surface area contributed by atoms with Crippen LogP contribution in [-0.4, -0.2) is 24.8 Å². The number of carbonyl (C=O) groups excluding carboxylic acids is 3. The molecule has 2 aromatic carbocycles. The van der Waals surface area contributed by atoms with Crippen molar-refractivity contribution in [2.75, 3.05) is 17.7 Å². The Balaban J connectivity index is 2.17. The fourth-order valence-electron chi connectivity index (χ4n) is 2.66. The maximum Gasteiger partial charge on any atom is 0.226 e. The van der Waals surface area contributed by atoms with Gasteiger partial charge in [0.2, 0.25) is 17.7 Å². The number of rotatable bonds is 7. The van der Waals surface area contributed by atoms with E-state index < -0.39 is 6.04 Å². The molecule has 0 saturated carbocycles. The van der Waals surface area contributed by atoms with Crippen LogP contribution in [0.15, 0.2) is 48.5 Å². The first-order valence-corrected chi connectivity index (χ1v) is 8.46. The smallest absolute Gasteiger partial charge is 0.226 e. The van der Waals surface area contributed by atoms with E-state index in [2.05, 4.69) is 16.0 Å². The molecule has 7 nitrogen and oxygen atoms in total. The van der Waals surface area contributed by atoms with Crippen LogP contribution in [-0.2, 0) is 14.4 Å². The molecule has 0 aliphatic carbocycles. The largest absolute Gasteiger partial charge is 0.495 e. The van der Waals surface area contributed by atoms with Gasteiger partial charge in [-0.05, 0) is 23.8 Å². The molecule has 0 saturated heterocycles. The zero-order valence-electron chi connectivity index (χ0n) is 15.5. The fraction of sp³-hybridized carbons (Fsp3) is 0.250. The molecule has 7 heteroatoms. The Kier molecular flexibility index (Phi) is 6.93. The van der Waals surface area contributed by atoms with E-state index in [0.29, 0.717) is 17.1 Å². The summed E-state index contributed by atoms with van der Waals surface area (Å²) in [5.41, 5.74) is 1.81. The fourth-order valence-corrected chi connectivity index (χ4v) is 2.66. The molecule has 0 aliphatic rings. The van der Waals surface area contributed by atoms with Gasteiger partial charge in [0.15, 0.2) is 0 Å². The van der Waals surface area contributed by atoms with Crippen molar-refractivity contribution in [2.24, 2.45) is 0 Å². The molecule has 142 valence electrons. The maximum absolute atomic E-state index is 12.6. The van der Waals surface area contributed by atoms with E-state index >= 15 is 0 Å². The van der Waals surface area contributed by atoms with E-state index in [0.717, 1.165) is 5.56 Å². The second kappa shape index (κ2) is 9.38. The molecule has 0 fully saturated rings. The number of hydrogen-bond donors (Lipinski definition) is 3. The van der Waals surface area contributed by atoms with Crippen molar-refractivity contribution in [1.29, 1.82) is 0 Å². The van der Waals surface area contributed by atoms with E-state index in [9.17, 15) is 14.4 Å². The number of amides is 3. The van der Waals surface area contributed by atoms with Crippen molar-refractivity contribution in [2.45, 2.75) is 26.3 Å². The zero-order chi connectivity index (χ0) is 19.8. The summed E-state index contributed by atoms with van der Waals surface area (Å²) in [4.78, 5) is 35.3. The highest BCUT2D eigenvalue weighted by atomic mass is 16.5. The van der Waals surface area contributed by atoms with Crippen molar-refractivity contribution in [3.63, 3.8) is 0 Å². The number of anilines is 2. The van der Waals surface area contributed by atoms with E-state index in [-0.39, 0.29) is 24.1 Å². The second-order valence-corrected chi connectivity index (χ2v) is 6.01. The molecule has 2 rings (SSSR count). The minimum atomic E-state index is -0.451. The number of hydrogen-bond acceptors (Lipinski definition) is 4. The van der Waals surface area contributed by atoms with Gasteiger partial charge in [-0.2, -0.15) is 0 Å². The average molecular weight is 369 g/mol. The summed E-state index contributed by atoms with van der Waals surface area (Å²) in [5, 5.41) is 8.23. The van der Waals surface area contributed by atoms with Crippen molar-refractivity contribution in [3.05, 3.63) is 54.1 Å². The highest BCUT2D eigenvalue weighted by molar-refractivity contribution is 5.95. The Bertz CT molecular complexity index is 821. The summed E-state index contributed by atoms with van der Waals surface area (Å²) in [7, 11) is 1.49. The molecule has 27 heavy (non-hydrogen) atoms. The molecule has 0 radical (unpaired) electrons. The van der Waals surface area contributed by atoms with Crippen LogP contribution in [0.5, 0.6) is 5.75 Å². The maximum atomic E-state index is 12.6. The Morgan fingerprint density at radius 2 is 1.67 bits per heavy atom. The molecule has 0 bridgehead atoms. The van der Waals surface area contributed by atoms with Crippen molar-refractivity contribution >= 4 is 29.1 Å². The molecule has 0 heterocycles. The summed E-state index contributed by atoms with van der Waals surface area (Å²) < 4.78 is 5.26. The van der Waals surface area contributed by atoms with Crippen LogP contribution in [0, 0.1) is 0 Å². The topological polar surface area (TPSA) is 96.5 Å². The van der Waals surface area contributed by atoms with Crippen LogP contribution in [0.25, 0.3) is 0 Å². The molecule has 1 atom stereocenters. The Labute approximate surface area is 158 Å². The monoisotopic (exact) mass is 369 g/mol.